The van der Waals surface area contributed by atoms with Gasteiger partial charge in [-0.3, -0.25) is 9.69 Å². The molecule has 2 saturated heterocycles. The number of ether oxygens (including phenoxy) is 1. The minimum absolute atomic E-state index is 0.0767. The fourth-order valence-electron chi connectivity index (χ4n) is 6.53. The van der Waals surface area contributed by atoms with E-state index in [2.05, 4.69) is 30.3 Å². The average molecular weight is 613 g/mol. The summed E-state index contributed by atoms with van der Waals surface area (Å²) in [5, 5.41) is 9.04. The summed E-state index contributed by atoms with van der Waals surface area (Å²) in [5.74, 6) is 3.67. The third-order valence-electron chi connectivity index (χ3n) is 8.61. The molecule has 43 heavy (non-hydrogen) atoms. The fraction of sp³-hybridized carbons (Fsp3) is 0.323. The number of rotatable bonds is 7. The van der Waals surface area contributed by atoms with Crippen LogP contribution in [0.25, 0.3) is 15.9 Å². The smallest absolute Gasteiger partial charge is 0.246 e. The number of pyridine rings is 1. The second-order valence-electron chi connectivity index (χ2n) is 11.5. The molecular weight excluding hydrogens is 584 g/mol. The van der Waals surface area contributed by atoms with E-state index in [1.165, 1.54) is 37.8 Å². The van der Waals surface area contributed by atoms with E-state index in [4.69, 9.17) is 16.3 Å². The molecule has 9 rings (SSSR count). The highest BCUT2D eigenvalue weighted by molar-refractivity contribution is 7.19. The van der Waals surface area contributed by atoms with Crippen LogP contribution >= 0.6 is 22.9 Å². The Balaban J connectivity index is 0.955. The Morgan fingerprint density at radius 1 is 1.12 bits per heavy atom. The summed E-state index contributed by atoms with van der Waals surface area (Å²) in [6.45, 7) is 4.47. The maximum absolute atomic E-state index is 13.0. The number of fused-ring (bicyclic) bond motifs is 6. The predicted molar refractivity (Wildman–Crippen MR) is 166 cm³/mol. The number of piperidine rings is 2. The summed E-state index contributed by atoms with van der Waals surface area (Å²) >= 11 is 8.24. The number of anilines is 2. The molecule has 4 aromatic heterocycles. The van der Waals surface area contributed by atoms with Gasteiger partial charge >= 0.3 is 0 Å². The lowest BCUT2D eigenvalue weighted by molar-refractivity contribution is -0.126. The van der Waals surface area contributed by atoms with Gasteiger partial charge in [-0.15, -0.1) is 11.3 Å². The highest BCUT2D eigenvalue weighted by Crippen LogP contribution is 2.40. The summed E-state index contributed by atoms with van der Waals surface area (Å²) in [7, 11) is 0. The number of aromatic nitrogens is 5. The van der Waals surface area contributed by atoms with Gasteiger partial charge in [0.05, 0.1) is 23.2 Å². The topological polar surface area (TPSA) is 101 Å². The molecule has 0 atom stereocenters. The largest absolute Gasteiger partial charge is 0.454 e. The van der Waals surface area contributed by atoms with Crippen molar-refractivity contribution in [3.8, 4) is 11.5 Å². The number of halogens is 1. The van der Waals surface area contributed by atoms with Crippen molar-refractivity contribution in [3.63, 3.8) is 0 Å². The van der Waals surface area contributed by atoms with Gasteiger partial charge in [-0.2, -0.15) is 5.10 Å². The standard InChI is InChI=1S/C31H29ClN8O2S/c32-24-12-21(3-5-25(24)42-22-4-6-27-33-18-36-40(27)15-22)37-30-29-23-7-9-39(16-26(23)43-31(29)35-17-34-30)28(41)2-1-8-38-13-19-10-20(11-19)14-38/h1-6,12,15,17-20H,7-11,13-14,16H2,(H,34,35,37)/b2-1+. The lowest BCUT2D eigenvalue weighted by atomic mass is 9.71. The number of benzene rings is 1. The lowest BCUT2D eigenvalue weighted by Crippen LogP contribution is -2.48. The molecule has 1 aliphatic carbocycles. The van der Waals surface area contributed by atoms with Crippen LogP contribution in [0, 0.1) is 11.8 Å². The highest BCUT2D eigenvalue weighted by Gasteiger charge is 2.36. The van der Waals surface area contributed by atoms with Gasteiger partial charge < -0.3 is 15.0 Å². The van der Waals surface area contributed by atoms with Crippen LogP contribution in [0.1, 0.15) is 23.3 Å². The monoisotopic (exact) mass is 612 g/mol. The van der Waals surface area contributed by atoms with Crippen molar-refractivity contribution in [2.75, 3.05) is 31.5 Å². The summed E-state index contributed by atoms with van der Waals surface area (Å²) in [6, 6.07) is 9.20. The zero-order valence-electron chi connectivity index (χ0n) is 23.3. The lowest BCUT2D eigenvalue weighted by Gasteiger charge is -2.47. The van der Waals surface area contributed by atoms with Gasteiger partial charge in [0.15, 0.2) is 5.65 Å². The van der Waals surface area contributed by atoms with Gasteiger partial charge in [0.25, 0.3) is 0 Å². The zero-order valence-corrected chi connectivity index (χ0v) is 24.9. The van der Waals surface area contributed by atoms with Gasteiger partial charge in [-0.25, -0.2) is 19.5 Å². The van der Waals surface area contributed by atoms with Crippen molar-refractivity contribution in [2.24, 2.45) is 11.8 Å². The van der Waals surface area contributed by atoms with Crippen LogP contribution in [-0.4, -0.2) is 66.5 Å². The summed E-state index contributed by atoms with van der Waals surface area (Å²) in [6.07, 6.45) is 12.2. The molecule has 7 heterocycles. The molecule has 1 saturated carbocycles. The molecule has 4 aliphatic rings. The van der Waals surface area contributed by atoms with Crippen LogP contribution in [0.3, 0.4) is 0 Å². The Labute approximate surface area is 257 Å². The summed E-state index contributed by atoms with van der Waals surface area (Å²) in [4.78, 5) is 32.8. The van der Waals surface area contributed by atoms with Gasteiger partial charge in [0, 0.05) is 42.8 Å². The zero-order chi connectivity index (χ0) is 28.9. The molecule has 0 spiro atoms. The number of carbonyl (C=O) groups is 1. The maximum atomic E-state index is 13.0. The molecule has 10 nitrogen and oxygen atoms in total. The first-order valence-electron chi connectivity index (χ1n) is 14.5. The quantitative estimate of drug-likeness (QED) is 0.233. The first-order chi connectivity index (χ1) is 21.1. The van der Waals surface area contributed by atoms with Crippen LogP contribution in [-0.2, 0) is 17.8 Å². The highest BCUT2D eigenvalue weighted by atomic mass is 35.5. The van der Waals surface area contributed by atoms with Crippen molar-refractivity contribution in [1.29, 1.82) is 0 Å². The molecule has 2 bridgehead atoms. The number of thiophene rings is 1. The maximum Gasteiger partial charge on any atom is 0.246 e. The second kappa shape index (κ2) is 10.9. The molecule has 5 aromatic rings. The van der Waals surface area contributed by atoms with Crippen LogP contribution in [0.4, 0.5) is 11.5 Å². The first-order valence-corrected chi connectivity index (χ1v) is 15.7. The molecule has 1 N–H and O–H groups in total. The second-order valence-corrected chi connectivity index (χ2v) is 13.0. The molecule has 1 amide bonds. The Hall–Kier alpha value is -4.06. The van der Waals surface area contributed by atoms with E-state index >= 15 is 0 Å². The molecule has 3 aliphatic heterocycles. The van der Waals surface area contributed by atoms with E-state index < -0.39 is 0 Å². The number of hydrogen-bond acceptors (Lipinski definition) is 9. The van der Waals surface area contributed by atoms with Crippen molar-refractivity contribution < 1.29 is 9.53 Å². The molecule has 12 heteroatoms. The molecule has 218 valence electrons. The SMILES string of the molecule is O=C(/C=C/CN1CC2CC(C2)C1)N1CCc2c(sc3ncnc(Nc4ccc(Oc5ccc6ncnn6c5)c(Cl)c4)c23)C1. The van der Waals surface area contributed by atoms with Crippen LogP contribution < -0.4 is 10.1 Å². The van der Waals surface area contributed by atoms with Crippen LogP contribution in [0.15, 0.2) is 61.3 Å². The Bertz CT molecular complexity index is 1870. The third kappa shape index (κ3) is 5.21. The van der Waals surface area contributed by atoms with E-state index in [-0.39, 0.29) is 5.91 Å². The van der Waals surface area contributed by atoms with Crippen LogP contribution in [0.2, 0.25) is 5.02 Å². The Kier molecular flexibility index (Phi) is 6.73. The first kappa shape index (κ1) is 26.6. The summed E-state index contributed by atoms with van der Waals surface area (Å²) in [5.41, 5.74) is 2.73. The molecule has 1 aromatic carbocycles. The van der Waals surface area contributed by atoms with Gasteiger partial charge in [-0.05, 0) is 67.0 Å². The minimum Gasteiger partial charge on any atom is -0.454 e. The van der Waals surface area contributed by atoms with E-state index in [1.54, 1.807) is 34.5 Å². The van der Waals surface area contributed by atoms with E-state index in [9.17, 15) is 4.79 Å². The van der Waals surface area contributed by atoms with Crippen molar-refractivity contribution in [1.82, 2.24) is 34.4 Å². The Morgan fingerprint density at radius 3 is 2.86 bits per heavy atom. The minimum atomic E-state index is 0.0767. The van der Waals surface area contributed by atoms with Crippen molar-refractivity contribution in [3.05, 3.63) is 76.8 Å². The van der Waals surface area contributed by atoms with Crippen molar-refractivity contribution in [2.45, 2.75) is 25.8 Å². The third-order valence-corrected chi connectivity index (χ3v) is 10.0. The summed E-state index contributed by atoms with van der Waals surface area (Å²) < 4.78 is 7.65. The molecule has 0 unspecified atom stereocenters. The number of hydrogen-bond donors (Lipinski definition) is 1. The molecule has 0 radical (unpaired) electrons. The van der Waals surface area contributed by atoms with Gasteiger partial charge in [-0.1, -0.05) is 17.7 Å². The van der Waals surface area contributed by atoms with Crippen LogP contribution in [0.5, 0.6) is 11.5 Å². The fourth-order valence-corrected chi connectivity index (χ4v) is 7.95. The van der Waals surface area contributed by atoms with E-state index in [0.717, 1.165) is 57.0 Å². The number of nitrogens with one attached hydrogen (secondary N) is 1. The van der Waals surface area contributed by atoms with Gasteiger partial charge in [0.2, 0.25) is 5.91 Å². The Morgan fingerprint density at radius 2 is 2.00 bits per heavy atom. The van der Waals surface area contributed by atoms with Crippen molar-refractivity contribution >= 4 is 56.2 Å². The molecule has 3 fully saturated rings. The molecular formula is C31H29ClN8O2S. The average Bonchev–Trinajstić information content (AvgIpc) is 3.62. The normalized spacial score (nSPS) is 20.0. The predicted octanol–water partition coefficient (Wildman–Crippen LogP) is 5.71. The van der Waals surface area contributed by atoms with E-state index in [0.29, 0.717) is 29.6 Å². The number of carbonyl (C=O) groups excluding carboxylic acids is 1. The van der Waals surface area contributed by atoms with E-state index in [1.807, 2.05) is 41.3 Å². The number of nitrogens with zero attached hydrogens (tertiary/aromatic N) is 7. The number of amides is 1. The van der Waals surface area contributed by atoms with Gasteiger partial charge in [0.1, 0.15) is 34.8 Å².